The summed E-state index contributed by atoms with van der Waals surface area (Å²) in [4.78, 5) is 14.8. The van der Waals surface area contributed by atoms with Crippen LogP contribution in [0.2, 0.25) is 0 Å². The summed E-state index contributed by atoms with van der Waals surface area (Å²) in [5.74, 6) is 1.64. The second-order valence-electron chi connectivity index (χ2n) is 7.03. The molecule has 1 aliphatic carbocycles. The predicted molar refractivity (Wildman–Crippen MR) is 111 cm³/mol. The average molecular weight is 392 g/mol. The van der Waals surface area contributed by atoms with Crippen molar-refractivity contribution in [1.82, 2.24) is 14.7 Å². The Kier molecular flexibility index (Phi) is 7.68. The van der Waals surface area contributed by atoms with Gasteiger partial charge in [0.1, 0.15) is 5.82 Å². The number of nitrogens with one attached hydrogen (secondary N) is 1. The Bertz CT molecular complexity index is 712. The number of rotatable bonds is 2. The van der Waals surface area contributed by atoms with E-state index in [2.05, 4.69) is 23.6 Å². The third-order valence-corrected chi connectivity index (χ3v) is 5.46. The molecule has 6 nitrogen and oxygen atoms in total. The molecule has 3 N–H and O–H groups in total. The molecule has 0 radical (unpaired) electrons. The molecule has 1 fully saturated rings. The number of carbonyl (C=O) groups excluding carboxylic acids is 1. The van der Waals surface area contributed by atoms with Crippen LogP contribution in [0, 0.1) is 11.8 Å². The molecule has 0 unspecified atom stereocenters. The third-order valence-electron chi connectivity index (χ3n) is 5.21. The van der Waals surface area contributed by atoms with Crippen LogP contribution in [0.25, 0.3) is 0 Å². The van der Waals surface area contributed by atoms with Crippen molar-refractivity contribution in [3.63, 3.8) is 0 Å². The lowest BCUT2D eigenvalue weighted by Crippen LogP contribution is -2.37. The van der Waals surface area contributed by atoms with Gasteiger partial charge >= 0.3 is 0 Å². The molecule has 1 aromatic heterocycles. The number of aryl methyl sites for hydroxylation is 1. The summed E-state index contributed by atoms with van der Waals surface area (Å²) in [5.41, 5.74) is 9.50. The van der Waals surface area contributed by atoms with Crippen molar-refractivity contribution in [1.29, 1.82) is 0 Å². The molecule has 0 bridgehead atoms. The van der Waals surface area contributed by atoms with Crippen molar-refractivity contribution in [3.05, 3.63) is 47.9 Å². The summed E-state index contributed by atoms with van der Waals surface area (Å²) >= 11 is 5.01. The van der Waals surface area contributed by atoms with Crippen LogP contribution in [0.15, 0.2) is 42.4 Å². The number of allylic oxidation sites excluding steroid dienone is 1. The van der Waals surface area contributed by atoms with Gasteiger partial charge < -0.3 is 16.0 Å². The van der Waals surface area contributed by atoms with Gasteiger partial charge in [0.05, 0.1) is 24.1 Å². The molecule has 0 aromatic carbocycles. The first kappa shape index (κ1) is 21.3. The lowest BCUT2D eigenvalue weighted by atomic mass is 9.81. The molecule has 0 saturated heterocycles. The lowest BCUT2D eigenvalue weighted by molar-refractivity contribution is -0.135. The van der Waals surface area contributed by atoms with E-state index in [0.717, 1.165) is 43.6 Å². The largest absolute Gasteiger partial charge is 0.339 e. The molecule has 3 rings (SSSR count). The zero-order chi connectivity index (χ0) is 20.0. The molecule has 0 spiro atoms. The Morgan fingerprint density at radius 2 is 2.04 bits per heavy atom. The van der Waals surface area contributed by atoms with Crippen LogP contribution in [0.1, 0.15) is 38.2 Å². The van der Waals surface area contributed by atoms with Gasteiger partial charge in [0.2, 0.25) is 5.91 Å². The van der Waals surface area contributed by atoms with E-state index in [1.165, 1.54) is 5.54 Å². The first-order valence-electron chi connectivity index (χ1n) is 9.31. The highest BCUT2D eigenvalue weighted by Gasteiger charge is 2.33. The molecular weight excluding hydrogens is 362 g/mol. The molecule has 2 aliphatic rings. The average Bonchev–Trinajstić information content (AvgIpc) is 2.98. The zero-order valence-corrected chi connectivity index (χ0v) is 17.0. The molecule has 1 aliphatic heterocycles. The molecule has 148 valence electrons. The molecule has 0 atom stereocenters. The highest BCUT2D eigenvalue weighted by molar-refractivity contribution is 6.25. The first-order valence-corrected chi connectivity index (χ1v) is 9.75. The van der Waals surface area contributed by atoms with Gasteiger partial charge in [0.15, 0.2) is 0 Å². The SMILES string of the molecule is C/C=C/Cl.C=C1Nc2c(cnn2C)CN(C(=O)C2CCC(CN)CC2)C1=C. The summed E-state index contributed by atoms with van der Waals surface area (Å²) in [6.45, 7) is 11.2. The summed E-state index contributed by atoms with van der Waals surface area (Å²) in [6, 6.07) is 0. The van der Waals surface area contributed by atoms with Crippen LogP contribution >= 0.6 is 11.6 Å². The topological polar surface area (TPSA) is 76.2 Å². The number of hydrogen-bond acceptors (Lipinski definition) is 4. The van der Waals surface area contributed by atoms with E-state index >= 15 is 0 Å². The van der Waals surface area contributed by atoms with Gasteiger partial charge in [-0.3, -0.25) is 9.48 Å². The van der Waals surface area contributed by atoms with E-state index in [1.807, 2.05) is 14.0 Å². The number of nitrogens with two attached hydrogens (primary N) is 1. The first-order chi connectivity index (χ1) is 12.9. The zero-order valence-electron chi connectivity index (χ0n) is 16.2. The van der Waals surface area contributed by atoms with Gasteiger partial charge in [0.25, 0.3) is 0 Å². The summed E-state index contributed by atoms with van der Waals surface area (Å²) in [5, 5.41) is 7.48. The predicted octanol–water partition coefficient (Wildman–Crippen LogP) is 3.73. The van der Waals surface area contributed by atoms with Crippen LogP contribution in [0.5, 0.6) is 0 Å². The van der Waals surface area contributed by atoms with Crippen LogP contribution in [0.3, 0.4) is 0 Å². The Hall–Kier alpha value is -2.05. The Balaban J connectivity index is 0.000000596. The molecule has 27 heavy (non-hydrogen) atoms. The number of carbonyl (C=O) groups is 1. The highest BCUT2D eigenvalue weighted by Crippen LogP contribution is 2.33. The maximum absolute atomic E-state index is 13.0. The van der Waals surface area contributed by atoms with Crippen molar-refractivity contribution in [3.8, 4) is 0 Å². The molecule has 7 heteroatoms. The number of hydrogen-bond donors (Lipinski definition) is 2. The number of amides is 1. The van der Waals surface area contributed by atoms with E-state index in [9.17, 15) is 4.79 Å². The number of nitrogens with zero attached hydrogens (tertiary/aromatic N) is 3. The van der Waals surface area contributed by atoms with E-state index < -0.39 is 0 Å². The quantitative estimate of drug-likeness (QED) is 0.805. The van der Waals surface area contributed by atoms with Gasteiger partial charge in [-0.1, -0.05) is 30.8 Å². The standard InChI is InChI=1S/C17H25N5O.C3H5Cl/c1-11-12(2)22(10-15-9-19-21(3)16(15)20-11)17(23)14-6-4-13(8-18)5-7-14;1-2-3-4/h9,13-14,20H,1-2,4-8,10,18H2,3H3;2-3H,1H3/b;3-2+. The van der Waals surface area contributed by atoms with Crippen molar-refractivity contribution in [2.24, 2.45) is 24.6 Å². The third kappa shape index (κ3) is 5.02. The minimum Gasteiger partial charge on any atom is -0.339 e. The minimum absolute atomic E-state index is 0.0561. The molecular formula is C20H30ClN5O. The molecule has 1 amide bonds. The Morgan fingerprint density at radius 1 is 1.41 bits per heavy atom. The van der Waals surface area contributed by atoms with Gasteiger partial charge in [-0.25, -0.2) is 0 Å². The van der Waals surface area contributed by atoms with Crippen molar-refractivity contribution < 1.29 is 4.79 Å². The van der Waals surface area contributed by atoms with Gasteiger partial charge in [-0.2, -0.15) is 5.10 Å². The van der Waals surface area contributed by atoms with Crippen LogP contribution < -0.4 is 11.1 Å². The summed E-state index contributed by atoms with van der Waals surface area (Å²) < 4.78 is 1.76. The number of aromatic nitrogens is 2. The normalized spacial score (nSPS) is 22.6. The van der Waals surface area contributed by atoms with E-state index in [1.54, 1.807) is 21.9 Å². The monoisotopic (exact) mass is 391 g/mol. The fraction of sp³-hybridized carbons (Fsp3) is 0.500. The van der Waals surface area contributed by atoms with Crippen LogP contribution in [0.4, 0.5) is 5.82 Å². The van der Waals surface area contributed by atoms with E-state index in [0.29, 0.717) is 23.9 Å². The molecule has 1 saturated carbocycles. The molecule has 2 heterocycles. The highest BCUT2D eigenvalue weighted by atomic mass is 35.5. The van der Waals surface area contributed by atoms with Crippen LogP contribution in [-0.4, -0.2) is 27.1 Å². The van der Waals surface area contributed by atoms with Crippen molar-refractivity contribution in [2.45, 2.75) is 39.2 Å². The second kappa shape index (κ2) is 9.76. The van der Waals surface area contributed by atoms with Gasteiger partial charge in [-0.15, -0.1) is 0 Å². The van der Waals surface area contributed by atoms with E-state index in [-0.39, 0.29) is 11.8 Å². The van der Waals surface area contributed by atoms with Crippen molar-refractivity contribution >= 4 is 23.3 Å². The smallest absolute Gasteiger partial charge is 0.230 e. The Labute approximate surface area is 166 Å². The Morgan fingerprint density at radius 3 is 2.59 bits per heavy atom. The summed E-state index contributed by atoms with van der Waals surface area (Å²) in [7, 11) is 1.87. The van der Waals surface area contributed by atoms with Gasteiger partial charge in [-0.05, 0) is 50.6 Å². The van der Waals surface area contributed by atoms with Gasteiger partial charge in [0, 0.05) is 18.5 Å². The number of anilines is 1. The minimum atomic E-state index is 0.0561. The van der Waals surface area contributed by atoms with Crippen LogP contribution in [-0.2, 0) is 18.4 Å². The number of fused-ring (bicyclic) bond motifs is 1. The molecule has 1 aromatic rings. The van der Waals surface area contributed by atoms with Crippen molar-refractivity contribution in [2.75, 3.05) is 11.9 Å². The number of halogens is 1. The fourth-order valence-electron chi connectivity index (χ4n) is 3.48. The lowest BCUT2D eigenvalue weighted by Gasteiger charge is -2.32. The maximum atomic E-state index is 13.0. The fourth-order valence-corrected chi connectivity index (χ4v) is 3.48. The maximum Gasteiger partial charge on any atom is 0.230 e. The second-order valence-corrected chi connectivity index (χ2v) is 7.28. The van der Waals surface area contributed by atoms with E-state index in [4.69, 9.17) is 17.3 Å². The summed E-state index contributed by atoms with van der Waals surface area (Å²) in [6.07, 6.45) is 7.44.